The first-order valence-electron chi connectivity index (χ1n) is 11.6. The first-order valence-corrected chi connectivity index (χ1v) is 11.6. The Bertz CT molecular complexity index is 1400. The summed E-state index contributed by atoms with van der Waals surface area (Å²) in [6, 6.07) is 24.6. The molecule has 2 amide bonds. The summed E-state index contributed by atoms with van der Waals surface area (Å²) in [5.74, 6) is 0.509. The minimum atomic E-state index is -0.831. The van der Waals surface area contributed by atoms with Gasteiger partial charge in [-0.25, -0.2) is 0 Å². The van der Waals surface area contributed by atoms with Gasteiger partial charge in [0.05, 0.1) is 31.5 Å². The summed E-state index contributed by atoms with van der Waals surface area (Å²) in [6.45, 7) is 0.571. The van der Waals surface area contributed by atoms with E-state index in [2.05, 4.69) is 5.32 Å². The number of hydrogen-bond acceptors (Lipinski definition) is 5. The number of carbonyl (C=O) groups excluding carboxylic acids is 2. The molecule has 2 heterocycles. The topological polar surface area (TPSA) is 85.7 Å². The van der Waals surface area contributed by atoms with Crippen molar-refractivity contribution in [3.63, 3.8) is 0 Å². The summed E-state index contributed by atoms with van der Waals surface area (Å²) in [5, 5.41) is 7.42. The number of amides is 2. The molecule has 3 aromatic carbocycles. The fourth-order valence-electron chi connectivity index (χ4n) is 4.34. The van der Waals surface area contributed by atoms with Gasteiger partial charge in [-0.1, -0.05) is 54.6 Å². The second kappa shape index (κ2) is 9.95. The number of benzene rings is 3. The van der Waals surface area contributed by atoms with Crippen molar-refractivity contribution in [3.8, 4) is 22.8 Å². The summed E-state index contributed by atoms with van der Waals surface area (Å²) < 4.78 is 13.2. The molecule has 0 aliphatic carbocycles. The molecular weight excluding hydrogens is 456 g/mol. The van der Waals surface area contributed by atoms with Crippen LogP contribution in [0.15, 0.2) is 85.1 Å². The standard InChI is InChI=1S/C28H26N4O4/c1-29-27(33)25-18-32(22-13-7-9-15-24(22)36-25)28(34)21-17-31(16-19-10-4-3-5-11-19)30-26(21)20-12-6-8-14-23(20)35-2/h3-15,17,25H,16,18H2,1-2H3,(H,29,33)/t25-/m1/s1. The fraction of sp³-hybridized carbons (Fsp3) is 0.179. The molecule has 1 N–H and O–H groups in total. The summed E-state index contributed by atoms with van der Waals surface area (Å²) in [6.07, 6.45) is 0.923. The Labute approximate surface area is 209 Å². The maximum absolute atomic E-state index is 14.1. The molecule has 1 aliphatic rings. The number of likely N-dealkylation sites (N-methyl/N-ethyl adjacent to an activating group) is 1. The number of carbonyl (C=O) groups is 2. The number of aromatic nitrogens is 2. The third-order valence-electron chi connectivity index (χ3n) is 6.10. The van der Waals surface area contributed by atoms with Gasteiger partial charge >= 0.3 is 0 Å². The molecule has 8 nitrogen and oxygen atoms in total. The Balaban J connectivity index is 1.60. The number of hydrogen-bond donors (Lipinski definition) is 1. The molecule has 0 unspecified atom stereocenters. The molecule has 182 valence electrons. The highest BCUT2D eigenvalue weighted by Crippen LogP contribution is 2.37. The second-order valence-electron chi connectivity index (χ2n) is 8.38. The zero-order chi connectivity index (χ0) is 25.1. The van der Waals surface area contributed by atoms with E-state index in [1.165, 1.54) is 0 Å². The van der Waals surface area contributed by atoms with Gasteiger partial charge in [0.25, 0.3) is 11.8 Å². The van der Waals surface area contributed by atoms with Gasteiger partial charge in [0.15, 0.2) is 6.10 Å². The molecule has 0 radical (unpaired) electrons. The molecule has 8 heteroatoms. The molecule has 0 saturated heterocycles. The van der Waals surface area contributed by atoms with Gasteiger partial charge in [-0.05, 0) is 29.8 Å². The van der Waals surface area contributed by atoms with Crippen LogP contribution in [0.3, 0.4) is 0 Å². The van der Waals surface area contributed by atoms with E-state index in [0.29, 0.717) is 40.6 Å². The molecular formula is C28H26N4O4. The predicted molar refractivity (Wildman–Crippen MR) is 136 cm³/mol. The first kappa shape index (κ1) is 23.2. The molecule has 1 aliphatic heterocycles. The first-order chi connectivity index (χ1) is 17.6. The lowest BCUT2D eigenvalue weighted by Crippen LogP contribution is -2.50. The van der Waals surface area contributed by atoms with Crippen LogP contribution in [-0.2, 0) is 11.3 Å². The minimum Gasteiger partial charge on any atom is -0.496 e. The van der Waals surface area contributed by atoms with Gasteiger partial charge in [0, 0.05) is 18.8 Å². The fourth-order valence-corrected chi connectivity index (χ4v) is 4.34. The summed E-state index contributed by atoms with van der Waals surface area (Å²) >= 11 is 0. The van der Waals surface area contributed by atoms with Gasteiger partial charge in [-0.15, -0.1) is 0 Å². The van der Waals surface area contributed by atoms with Crippen molar-refractivity contribution in [1.29, 1.82) is 0 Å². The Morgan fingerprint density at radius 1 is 1.03 bits per heavy atom. The number of fused-ring (bicyclic) bond motifs is 1. The van der Waals surface area contributed by atoms with Crippen molar-refractivity contribution in [2.45, 2.75) is 12.6 Å². The molecule has 1 atom stereocenters. The van der Waals surface area contributed by atoms with E-state index in [1.807, 2.05) is 72.8 Å². The molecule has 0 fully saturated rings. The van der Waals surface area contributed by atoms with Crippen LogP contribution < -0.4 is 19.7 Å². The van der Waals surface area contributed by atoms with Crippen molar-refractivity contribution in [1.82, 2.24) is 15.1 Å². The number of rotatable bonds is 6. The Kier molecular flexibility index (Phi) is 6.40. The third-order valence-corrected chi connectivity index (χ3v) is 6.10. The summed E-state index contributed by atoms with van der Waals surface area (Å²) in [5.41, 5.74) is 3.28. The SMILES string of the molecule is CNC(=O)[C@H]1CN(C(=O)c2cn(Cc3ccccc3)nc2-c2ccccc2OC)c2ccccc2O1. The van der Waals surface area contributed by atoms with Crippen molar-refractivity contribution in [3.05, 3.63) is 96.2 Å². The zero-order valence-electron chi connectivity index (χ0n) is 20.0. The van der Waals surface area contributed by atoms with Crippen LogP contribution in [-0.4, -0.2) is 48.4 Å². The molecule has 0 spiro atoms. The normalized spacial score (nSPS) is 14.5. The minimum absolute atomic E-state index is 0.0742. The lowest BCUT2D eigenvalue weighted by atomic mass is 10.0. The van der Waals surface area contributed by atoms with Crippen molar-refractivity contribution in [2.24, 2.45) is 0 Å². The van der Waals surface area contributed by atoms with E-state index in [4.69, 9.17) is 14.6 Å². The number of methoxy groups -OCH3 is 1. The van der Waals surface area contributed by atoms with Crippen LogP contribution in [0.25, 0.3) is 11.3 Å². The number of nitrogens with one attached hydrogen (secondary N) is 1. The van der Waals surface area contributed by atoms with Crippen molar-refractivity contribution in [2.75, 3.05) is 25.6 Å². The van der Waals surface area contributed by atoms with Gasteiger partial charge in [-0.2, -0.15) is 5.10 Å². The number of ether oxygens (including phenoxy) is 2. The van der Waals surface area contributed by atoms with E-state index in [-0.39, 0.29) is 18.4 Å². The quantitative estimate of drug-likeness (QED) is 0.452. The monoisotopic (exact) mass is 482 g/mol. The van der Waals surface area contributed by atoms with Gasteiger partial charge < -0.3 is 19.7 Å². The smallest absolute Gasteiger partial charge is 0.262 e. The van der Waals surface area contributed by atoms with Crippen molar-refractivity contribution < 1.29 is 19.1 Å². The Morgan fingerprint density at radius 3 is 2.53 bits per heavy atom. The van der Waals surface area contributed by atoms with E-state index < -0.39 is 6.10 Å². The van der Waals surface area contributed by atoms with Gasteiger partial charge in [-0.3, -0.25) is 14.3 Å². The van der Waals surface area contributed by atoms with Crippen LogP contribution in [0.4, 0.5) is 5.69 Å². The van der Waals surface area contributed by atoms with Gasteiger partial charge in [0.2, 0.25) is 0 Å². The highest BCUT2D eigenvalue weighted by molar-refractivity contribution is 6.11. The van der Waals surface area contributed by atoms with E-state index in [9.17, 15) is 9.59 Å². The third kappa shape index (κ3) is 4.40. The predicted octanol–water partition coefficient (Wildman–Crippen LogP) is 3.76. The van der Waals surface area contributed by atoms with E-state index >= 15 is 0 Å². The maximum Gasteiger partial charge on any atom is 0.262 e. The molecule has 4 aromatic rings. The number of nitrogens with zero attached hydrogens (tertiary/aromatic N) is 3. The lowest BCUT2D eigenvalue weighted by molar-refractivity contribution is -0.127. The average molecular weight is 483 g/mol. The molecule has 36 heavy (non-hydrogen) atoms. The second-order valence-corrected chi connectivity index (χ2v) is 8.38. The van der Waals surface area contributed by atoms with Crippen molar-refractivity contribution >= 4 is 17.5 Å². The van der Waals surface area contributed by atoms with Gasteiger partial charge in [0.1, 0.15) is 17.2 Å². The Hall–Kier alpha value is -4.59. The highest BCUT2D eigenvalue weighted by Gasteiger charge is 2.35. The molecule has 1 aromatic heterocycles. The Morgan fingerprint density at radius 2 is 1.75 bits per heavy atom. The maximum atomic E-state index is 14.1. The van der Waals surface area contributed by atoms with Crippen LogP contribution in [0.2, 0.25) is 0 Å². The van der Waals surface area contributed by atoms with Crippen LogP contribution in [0.5, 0.6) is 11.5 Å². The van der Waals surface area contributed by atoms with E-state index in [1.54, 1.807) is 36.0 Å². The largest absolute Gasteiger partial charge is 0.496 e. The zero-order valence-corrected chi connectivity index (χ0v) is 20.0. The average Bonchev–Trinajstić information content (AvgIpc) is 3.35. The van der Waals surface area contributed by atoms with Crippen LogP contribution in [0.1, 0.15) is 15.9 Å². The highest BCUT2D eigenvalue weighted by atomic mass is 16.5. The van der Waals surface area contributed by atoms with Crippen LogP contribution in [0, 0.1) is 0 Å². The lowest BCUT2D eigenvalue weighted by Gasteiger charge is -2.34. The molecule has 0 saturated carbocycles. The summed E-state index contributed by atoms with van der Waals surface area (Å²) in [7, 11) is 3.14. The number of anilines is 1. The van der Waals surface area contributed by atoms with E-state index in [0.717, 1.165) is 5.56 Å². The summed E-state index contributed by atoms with van der Waals surface area (Å²) in [4.78, 5) is 28.2. The molecule has 5 rings (SSSR count). The molecule has 0 bridgehead atoms. The van der Waals surface area contributed by atoms with Crippen LogP contribution >= 0.6 is 0 Å². The number of para-hydroxylation sites is 3.